The Morgan fingerprint density at radius 2 is 2.06 bits per heavy atom. The highest BCUT2D eigenvalue weighted by Crippen LogP contribution is 2.24. The molecule has 0 aliphatic heterocycles. The summed E-state index contributed by atoms with van der Waals surface area (Å²) in [4.78, 5) is 7.53. The van der Waals surface area contributed by atoms with E-state index in [4.69, 9.17) is 0 Å². The van der Waals surface area contributed by atoms with E-state index in [1.807, 2.05) is 37.0 Å². The summed E-state index contributed by atoms with van der Waals surface area (Å²) >= 11 is 0. The number of H-pyrrole nitrogens is 1. The second-order valence-corrected chi connectivity index (χ2v) is 3.90. The fraction of sp³-hybridized carbons (Fsp3) is 0.167. The highest BCUT2D eigenvalue weighted by Gasteiger charge is 2.11. The van der Waals surface area contributed by atoms with Gasteiger partial charge in [-0.3, -0.25) is 4.68 Å². The molecule has 0 saturated heterocycles. The molecule has 80 valence electrons. The van der Waals surface area contributed by atoms with Gasteiger partial charge in [-0.1, -0.05) is 18.2 Å². The van der Waals surface area contributed by atoms with Crippen LogP contribution < -0.4 is 0 Å². The lowest BCUT2D eigenvalue weighted by Crippen LogP contribution is -1.90. The van der Waals surface area contributed by atoms with Gasteiger partial charge in [-0.15, -0.1) is 0 Å². The quantitative estimate of drug-likeness (QED) is 0.672. The summed E-state index contributed by atoms with van der Waals surface area (Å²) < 4.78 is 1.88. The minimum absolute atomic E-state index is 0.828. The van der Waals surface area contributed by atoms with E-state index in [2.05, 4.69) is 27.2 Å². The number of aryl methyl sites for hydroxylation is 2. The number of aromatic nitrogens is 4. The number of hydrogen-bond donors (Lipinski definition) is 1. The Labute approximate surface area is 92.9 Å². The summed E-state index contributed by atoms with van der Waals surface area (Å²) in [6, 6.07) is 8.15. The van der Waals surface area contributed by atoms with Crippen molar-refractivity contribution in [1.29, 1.82) is 0 Å². The molecule has 16 heavy (non-hydrogen) atoms. The smallest absolute Gasteiger partial charge is 0.158 e. The average molecular weight is 212 g/mol. The van der Waals surface area contributed by atoms with Gasteiger partial charge in [0.25, 0.3) is 0 Å². The van der Waals surface area contributed by atoms with Gasteiger partial charge in [0, 0.05) is 24.3 Å². The van der Waals surface area contributed by atoms with Crippen LogP contribution in [0.3, 0.4) is 0 Å². The average Bonchev–Trinajstić information content (AvgIpc) is 2.84. The predicted octanol–water partition coefficient (Wildman–Crippen LogP) is 2.27. The lowest BCUT2D eigenvalue weighted by atomic mass is 10.2. The van der Waals surface area contributed by atoms with Crippen LogP contribution in [0.4, 0.5) is 0 Å². The predicted molar refractivity (Wildman–Crippen MR) is 63.0 cm³/mol. The molecule has 4 heteroatoms. The molecule has 0 spiro atoms. The van der Waals surface area contributed by atoms with Crippen LogP contribution in [0.1, 0.15) is 5.69 Å². The van der Waals surface area contributed by atoms with Crippen LogP contribution in [-0.2, 0) is 7.05 Å². The number of nitrogens with one attached hydrogen (secondary N) is 1. The lowest BCUT2D eigenvalue weighted by molar-refractivity contribution is 0.798. The van der Waals surface area contributed by atoms with Crippen LogP contribution in [-0.4, -0.2) is 19.7 Å². The molecule has 4 nitrogen and oxygen atoms in total. The van der Waals surface area contributed by atoms with Gasteiger partial charge in [0.1, 0.15) is 5.69 Å². The molecule has 0 fully saturated rings. The van der Waals surface area contributed by atoms with E-state index in [9.17, 15) is 0 Å². The zero-order valence-electron chi connectivity index (χ0n) is 9.23. The maximum atomic E-state index is 4.50. The highest BCUT2D eigenvalue weighted by atomic mass is 15.3. The van der Waals surface area contributed by atoms with Crippen LogP contribution in [0.2, 0.25) is 0 Å². The molecule has 3 aromatic rings. The molecule has 0 aliphatic carbocycles. The monoisotopic (exact) mass is 212 g/mol. The van der Waals surface area contributed by atoms with Gasteiger partial charge in [-0.2, -0.15) is 5.10 Å². The van der Waals surface area contributed by atoms with Crippen LogP contribution >= 0.6 is 0 Å². The number of fused-ring (bicyclic) bond motifs is 1. The third-order valence-corrected chi connectivity index (χ3v) is 2.68. The molecule has 0 radical (unpaired) electrons. The molecule has 0 saturated carbocycles. The Morgan fingerprint density at radius 3 is 2.81 bits per heavy atom. The highest BCUT2D eigenvalue weighted by molar-refractivity contribution is 5.91. The number of imidazole rings is 1. The van der Waals surface area contributed by atoms with Gasteiger partial charge in [0.2, 0.25) is 0 Å². The fourth-order valence-corrected chi connectivity index (χ4v) is 1.92. The number of para-hydroxylation sites is 1. The van der Waals surface area contributed by atoms with E-state index in [0.29, 0.717) is 0 Å². The van der Waals surface area contributed by atoms with Crippen LogP contribution in [0.15, 0.2) is 30.5 Å². The van der Waals surface area contributed by atoms with E-state index >= 15 is 0 Å². The summed E-state index contributed by atoms with van der Waals surface area (Å²) in [5.41, 5.74) is 3.07. The molecule has 0 unspecified atom stereocenters. The maximum absolute atomic E-state index is 4.50. The fourth-order valence-electron chi connectivity index (χ4n) is 1.92. The lowest BCUT2D eigenvalue weighted by Gasteiger charge is -1.91. The molecular formula is C12H12N4. The summed E-state index contributed by atoms with van der Waals surface area (Å²) in [5.74, 6) is 0.828. The Hall–Kier alpha value is -2.10. The normalized spacial score (nSPS) is 11.1. The molecule has 1 N–H and O–H groups in total. The zero-order valence-corrected chi connectivity index (χ0v) is 9.23. The Bertz CT molecular complexity index is 648. The van der Waals surface area contributed by atoms with Gasteiger partial charge < -0.3 is 4.98 Å². The molecule has 1 aromatic carbocycles. The summed E-state index contributed by atoms with van der Waals surface area (Å²) in [6.07, 6.45) is 1.82. The third kappa shape index (κ3) is 1.23. The second-order valence-electron chi connectivity index (χ2n) is 3.90. The number of rotatable bonds is 1. The van der Waals surface area contributed by atoms with Crippen LogP contribution in [0.5, 0.6) is 0 Å². The van der Waals surface area contributed by atoms with E-state index in [1.165, 1.54) is 0 Å². The molecule has 2 aromatic heterocycles. The molecular weight excluding hydrogens is 200 g/mol. The summed E-state index contributed by atoms with van der Waals surface area (Å²) in [6.45, 7) is 1.99. The largest absolute Gasteiger partial charge is 0.341 e. The van der Waals surface area contributed by atoms with E-state index < -0.39 is 0 Å². The standard InChI is InChI=1S/C12H12N4/c1-8-7-13-12(14-8)11-9-5-3-4-6-10(9)16(2)15-11/h3-7H,1-2H3,(H,13,14). The van der Waals surface area contributed by atoms with E-state index in [-0.39, 0.29) is 0 Å². The van der Waals surface area contributed by atoms with E-state index in [0.717, 1.165) is 28.1 Å². The maximum Gasteiger partial charge on any atom is 0.158 e. The molecule has 2 heterocycles. The van der Waals surface area contributed by atoms with Crippen molar-refractivity contribution in [1.82, 2.24) is 19.7 Å². The molecule has 0 bridgehead atoms. The number of benzene rings is 1. The summed E-state index contributed by atoms with van der Waals surface area (Å²) in [7, 11) is 1.95. The first kappa shape index (κ1) is 9.15. The SMILES string of the molecule is Cc1cnc(-c2nn(C)c3ccccc23)[nH]1. The first-order valence-electron chi connectivity index (χ1n) is 5.19. The Balaban J connectivity index is 2.32. The Kier molecular flexibility index (Phi) is 1.83. The molecule has 0 aliphatic rings. The molecule has 0 atom stereocenters. The van der Waals surface area contributed by atoms with Crippen molar-refractivity contribution in [2.45, 2.75) is 6.92 Å². The van der Waals surface area contributed by atoms with Gasteiger partial charge in [-0.05, 0) is 13.0 Å². The van der Waals surface area contributed by atoms with Crippen molar-refractivity contribution < 1.29 is 0 Å². The van der Waals surface area contributed by atoms with Gasteiger partial charge in [0.05, 0.1) is 5.52 Å². The topological polar surface area (TPSA) is 46.5 Å². The van der Waals surface area contributed by atoms with Crippen LogP contribution in [0, 0.1) is 6.92 Å². The van der Waals surface area contributed by atoms with Crippen molar-refractivity contribution in [3.05, 3.63) is 36.2 Å². The summed E-state index contributed by atoms with van der Waals surface area (Å²) in [5, 5.41) is 5.62. The van der Waals surface area contributed by atoms with Gasteiger partial charge >= 0.3 is 0 Å². The minimum Gasteiger partial charge on any atom is -0.341 e. The van der Waals surface area contributed by atoms with Crippen molar-refractivity contribution in [3.63, 3.8) is 0 Å². The number of nitrogens with zero attached hydrogens (tertiary/aromatic N) is 3. The van der Waals surface area contributed by atoms with Gasteiger partial charge in [-0.25, -0.2) is 4.98 Å². The van der Waals surface area contributed by atoms with Crippen LogP contribution in [0.25, 0.3) is 22.4 Å². The second kappa shape index (κ2) is 3.20. The van der Waals surface area contributed by atoms with Gasteiger partial charge in [0.15, 0.2) is 5.82 Å². The minimum atomic E-state index is 0.828. The molecule has 0 amide bonds. The Morgan fingerprint density at radius 1 is 1.25 bits per heavy atom. The van der Waals surface area contributed by atoms with E-state index in [1.54, 1.807) is 0 Å². The van der Waals surface area contributed by atoms with Crippen molar-refractivity contribution in [2.24, 2.45) is 7.05 Å². The number of hydrogen-bond acceptors (Lipinski definition) is 2. The number of aromatic amines is 1. The van der Waals surface area contributed by atoms with Crippen molar-refractivity contribution >= 4 is 10.9 Å². The first-order valence-corrected chi connectivity index (χ1v) is 5.19. The van der Waals surface area contributed by atoms with Crippen molar-refractivity contribution in [2.75, 3.05) is 0 Å². The van der Waals surface area contributed by atoms with Crippen molar-refractivity contribution in [3.8, 4) is 11.5 Å². The third-order valence-electron chi connectivity index (χ3n) is 2.68. The zero-order chi connectivity index (χ0) is 11.1. The first-order chi connectivity index (χ1) is 7.75. The molecule has 3 rings (SSSR count).